The summed E-state index contributed by atoms with van der Waals surface area (Å²) in [5.41, 5.74) is 2.06. The summed E-state index contributed by atoms with van der Waals surface area (Å²) in [5, 5.41) is 3.46. The fraction of sp³-hybridized carbons (Fsp3) is 0.538. The zero-order chi connectivity index (χ0) is 12.5. The van der Waals surface area contributed by atoms with Gasteiger partial charge in [-0.05, 0) is 37.5 Å². The van der Waals surface area contributed by atoms with Crippen molar-refractivity contribution in [2.75, 3.05) is 11.6 Å². The molecule has 1 aliphatic carbocycles. The molecule has 4 heteroatoms. The summed E-state index contributed by atoms with van der Waals surface area (Å²) >= 11 is 0. The first-order chi connectivity index (χ1) is 7.97. The average Bonchev–Trinajstić information content (AvgIpc) is 2.72. The number of anilines is 1. The maximum atomic E-state index is 11.5. The van der Waals surface area contributed by atoms with Crippen LogP contribution in [0.1, 0.15) is 31.2 Å². The topological polar surface area (TPSA) is 46.2 Å². The standard InChI is InChI=1S/C13H19NO2S/c1-10-7-8-12(17(2,15)16)9-13(10)14-11-5-3-4-6-11/h7-9,11,14H,3-6H2,1-2H3. The van der Waals surface area contributed by atoms with Crippen LogP contribution in [0.2, 0.25) is 0 Å². The Bertz CT molecular complexity index is 502. The number of aryl methyl sites for hydroxylation is 1. The van der Waals surface area contributed by atoms with Gasteiger partial charge >= 0.3 is 0 Å². The van der Waals surface area contributed by atoms with Crippen LogP contribution in [-0.2, 0) is 9.84 Å². The lowest BCUT2D eigenvalue weighted by Gasteiger charge is -2.16. The second kappa shape index (κ2) is 4.69. The van der Waals surface area contributed by atoms with Crippen LogP contribution < -0.4 is 5.32 Å². The molecule has 1 saturated carbocycles. The highest BCUT2D eigenvalue weighted by molar-refractivity contribution is 7.90. The number of hydrogen-bond donors (Lipinski definition) is 1. The van der Waals surface area contributed by atoms with E-state index in [1.165, 1.54) is 31.9 Å². The van der Waals surface area contributed by atoms with E-state index in [-0.39, 0.29) is 0 Å². The van der Waals surface area contributed by atoms with E-state index in [2.05, 4.69) is 5.32 Å². The van der Waals surface area contributed by atoms with Crippen molar-refractivity contribution in [3.05, 3.63) is 23.8 Å². The molecule has 0 aromatic heterocycles. The van der Waals surface area contributed by atoms with Crippen LogP contribution in [-0.4, -0.2) is 20.7 Å². The third-order valence-electron chi connectivity index (χ3n) is 3.35. The Morgan fingerprint density at radius 3 is 2.47 bits per heavy atom. The molecule has 1 N–H and O–H groups in total. The lowest BCUT2D eigenvalue weighted by Crippen LogP contribution is -2.15. The number of hydrogen-bond acceptors (Lipinski definition) is 3. The molecule has 0 atom stereocenters. The van der Waals surface area contributed by atoms with Gasteiger partial charge in [0.15, 0.2) is 9.84 Å². The Hall–Kier alpha value is -1.03. The first kappa shape index (κ1) is 12.4. The maximum Gasteiger partial charge on any atom is 0.175 e. The van der Waals surface area contributed by atoms with E-state index in [0.29, 0.717) is 10.9 Å². The predicted octanol–water partition coefficient (Wildman–Crippen LogP) is 2.75. The van der Waals surface area contributed by atoms with Crippen molar-refractivity contribution in [2.24, 2.45) is 0 Å². The second-order valence-corrected chi connectivity index (χ2v) is 6.89. The molecule has 3 nitrogen and oxygen atoms in total. The van der Waals surface area contributed by atoms with E-state index in [1.807, 2.05) is 13.0 Å². The summed E-state index contributed by atoms with van der Waals surface area (Å²) in [7, 11) is -3.12. The average molecular weight is 253 g/mol. The molecule has 2 rings (SSSR count). The first-order valence-electron chi connectivity index (χ1n) is 6.04. The van der Waals surface area contributed by atoms with Crippen molar-refractivity contribution >= 4 is 15.5 Å². The molecule has 0 amide bonds. The minimum Gasteiger partial charge on any atom is -0.382 e. The van der Waals surface area contributed by atoms with Gasteiger partial charge in [0.1, 0.15) is 0 Å². The molecular formula is C13H19NO2S. The van der Waals surface area contributed by atoms with Crippen molar-refractivity contribution in [1.82, 2.24) is 0 Å². The van der Waals surface area contributed by atoms with Crippen molar-refractivity contribution in [1.29, 1.82) is 0 Å². The van der Waals surface area contributed by atoms with Gasteiger partial charge in [-0.25, -0.2) is 8.42 Å². The lowest BCUT2D eigenvalue weighted by atomic mass is 10.1. The molecule has 0 bridgehead atoms. The monoisotopic (exact) mass is 253 g/mol. The number of rotatable bonds is 3. The Kier molecular flexibility index (Phi) is 3.43. The third-order valence-corrected chi connectivity index (χ3v) is 4.46. The molecule has 0 radical (unpaired) electrons. The Morgan fingerprint density at radius 2 is 1.88 bits per heavy atom. The van der Waals surface area contributed by atoms with Crippen molar-refractivity contribution in [3.63, 3.8) is 0 Å². The normalized spacial score (nSPS) is 17.3. The second-order valence-electron chi connectivity index (χ2n) is 4.87. The fourth-order valence-corrected chi connectivity index (χ4v) is 2.92. The van der Waals surface area contributed by atoms with Gasteiger partial charge < -0.3 is 5.32 Å². The number of sulfone groups is 1. The van der Waals surface area contributed by atoms with E-state index in [9.17, 15) is 8.42 Å². The van der Waals surface area contributed by atoms with E-state index >= 15 is 0 Å². The molecule has 0 unspecified atom stereocenters. The summed E-state index contributed by atoms with van der Waals surface area (Å²) in [6.45, 7) is 2.00. The summed E-state index contributed by atoms with van der Waals surface area (Å²) < 4.78 is 23.0. The van der Waals surface area contributed by atoms with Gasteiger partial charge in [0, 0.05) is 18.0 Å². The van der Waals surface area contributed by atoms with E-state index < -0.39 is 9.84 Å². The van der Waals surface area contributed by atoms with Crippen molar-refractivity contribution < 1.29 is 8.42 Å². The quantitative estimate of drug-likeness (QED) is 0.901. The molecule has 0 aliphatic heterocycles. The van der Waals surface area contributed by atoms with Crippen LogP contribution >= 0.6 is 0 Å². The zero-order valence-corrected chi connectivity index (χ0v) is 11.2. The molecule has 0 saturated heterocycles. The van der Waals surface area contributed by atoms with Gasteiger partial charge in [-0.2, -0.15) is 0 Å². The highest BCUT2D eigenvalue weighted by Gasteiger charge is 2.16. The van der Waals surface area contributed by atoms with Gasteiger partial charge in [0.05, 0.1) is 4.90 Å². The van der Waals surface area contributed by atoms with E-state index in [4.69, 9.17) is 0 Å². The molecule has 0 heterocycles. The summed E-state index contributed by atoms with van der Waals surface area (Å²) in [6.07, 6.45) is 6.15. The Balaban J connectivity index is 2.26. The summed E-state index contributed by atoms with van der Waals surface area (Å²) in [6, 6.07) is 5.80. The third kappa shape index (κ3) is 3.00. The molecule has 0 spiro atoms. The fourth-order valence-electron chi connectivity index (χ4n) is 2.28. The van der Waals surface area contributed by atoms with Crippen molar-refractivity contribution in [3.8, 4) is 0 Å². The van der Waals surface area contributed by atoms with Gasteiger partial charge in [-0.15, -0.1) is 0 Å². The predicted molar refractivity (Wildman–Crippen MR) is 70.2 cm³/mol. The minimum absolute atomic E-state index is 0.392. The Labute approximate surface area is 103 Å². The first-order valence-corrected chi connectivity index (χ1v) is 7.93. The summed E-state index contributed by atoms with van der Waals surface area (Å²) in [5.74, 6) is 0. The Morgan fingerprint density at radius 1 is 1.24 bits per heavy atom. The van der Waals surface area contributed by atoms with Crippen LogP contribution in [0.5, 0.6) is 0 Å². The molecule has 94 valence electrons. The van der Waals surface area contributed by atoms with Gasteiger partial charge in [-0.1, -0.05) is 18.9 Å². The molecule has 1 aliphatic rings. The zero-order valence-electron chi connectivity index (χ0n) is 10.4. The van der Waals surface area contributed by atoms with Crippen LogP contribution in [0.4, 0.5) is 5.69 Å². The van der Waals surface area contributed by atoms with Crippen LogP contribution in [0.25, 0.3) is 0 Å². The smallest absolute Gasteiger partial charge is 0.175 e. The minimum atomic E-state index is -3.12. The largest absolute Gasteiger partial charge is 0.382 e. The van der Waals surface area contributed by atoms with Gasteiger partial charge in [0.25, 0.3) is 0 Å². The SMILES string of the molecule is Cc1ccc(S(C)(=O)=O)cc1NC1CCCC1. The van der Waals surface area contributed by atoms with Crippen LogP contribution in [0.15, 0.2) is 23.1 Å². The number of nitrogens with one attached hydrogen (secondary N) is 1. The highest BCUT2D eigenvalue weighted by Crippen LogP contribution is 2.26. The van der Waals surface area contributed by atoms with E-state index in [0.717, 1.165) is 11.3 Å². The molecule has 1 aromatic rings. The van der Waals surface area contributed by atoms with Crippen LogP contribution in [0.3, 0.4) is 0 Å². The van der Waals surface area contributed by atoms with Crippen molar-refractivity contribution in [2.45, 2.75) is 43.5 Å². The van der Waals surface area contributed by atoms with Gasteiger partial charge in [-0.3, -0.25) is 0 Å². The molecule has 1 aromatic carbocycles. The van der Waals surface area contributed by atoms with Crippen LogP contribution in [0, 0.1) is 6.92 Å². The highest BCUT2D eigenvalue weighted by atomic mass is 32.2. The number of benzene rings is 1. The van der Waals surface area contributed by atoms with Gasteiger partial charge in [0.2, 0.25) is 0 Å². The maximum absolute atomic E-state index is 11.5. The molecule has 1 fully saturated rings. The molecule has 17 heavy (non-hydrogen) atoms. The molecular weight excluding hydrogens is 234 g/mol. The van der Waals surface area contributed by atoms with E-state index in [1.54, 1.807) is 12.1 Å². The lowest BCUT2D eigenvalue weighted by molar-refractivity contribution is 0.602. The summed E-state index contributed by atoms with van der Waals surface area (Å²) in [4.78, 5) is 0.392.